The molecule has 200 valence electrons. The van der Waals surface area contributed by atoms with Crippen LogP contribution in [0.15, 0.2) is 54.6 Å². The van der Waals surface area contributed by atoms with Crippen molar-refractivity contribution in [3.8, 4) is 22.6 Å². The number of hydrogen-bond acceptors (Lipinski definition) is 3. The first-order valence-corrected chi connectivity index (χ1v) is 13.6. The molecule has 0 aromatic heterocycles. The van der Waals surface area contributed by atoms with Crippen LogP contribution in [0.5, 0.6) is 11.5 Å². The van der Waals surface area contributed by atoms with E-state index in [0.29, 0.717) is 23.8 Å². The van der Waals surface area contributed by atoms with Crippen molar-refractivity contribution < 1.29 is 23.8 Å². The molecule has 1 fully saturated rings. The first-order valence-electron chi connectivity index (χ1n) is 13.6. The van der Waals surface area contributed by atoms with Gasteiger partial charge in [0.15, 0.2) is 0 Å². The van der Waals surface area contributed by atoms with Crippen LogP contribution in [0.1, 0.15) is 80.5 Å². The molecule has 3 aromatic rings. The van der Waals surface area contributed by atoms with Crippen LogP contribution in [0.25, 0.3) is 11.1 Å². The highest BCUT2D eigenvalue weighted by molar-refractivity contribution is 5.72. The van der Waals surface area contributed by atoms with Crippen molar-refractivity contribution in [2.45, 2.75) is 71.3 Å². The van der Waals surface area contributed by atoms with E-state index < -0.39 is 11.9 Å². The van der Waals surface area contributed by atoms with E-state index in [2.05, 4.69) is 26.0 Å². The average molecular weight is 517 g/mol. The molecule has 1 unspecified atom stereocenters. The fraction of sp³-hybridized carbons (Fsp3) is 0.424. The van der Waals surface area contributed by atoms with E-state index in [4.69, 9.17) is 9.47 Å². The van der Waals surface area contributed by atoms with E-state index in [0.717, 1.165) is 60.1 Å². The molecule has 5 rings (SSSR count). The maximum atomic E-state index is 15.1. The van der Waals surface area contributed by atoms with E-state index in [-0.39, 0.29) is 17.2 Å². The lowest BCUT2D eigenvalue weighted by Gasteiger charge is -2.30. The highest BCUT2D eigenvalue weighted by Crippen LogP contribution is 2.51. The number of halogens is 1. The third-order valence-electron chi connectivity index (χ3n) is 8.85. The lowest BCUT2D eigenvalue weighted by Crippen LogP contribution is -2.17. The summed E-state index contributed by atoms with van der Waals surface area (Å²) >= 11 is 0. The Morgan fingerprint density at radius 3 is 2.53 bits per heavy atom. The number of carboxylic acids is 1. The third kappa shape index (κ3) is 5.03. The maximum absolute atomic E-state index is 15.1. The largest absolute Gasteiger partial charge is 0.497 e. The number of ether oxygens (including phenoxy) is 2. The zero-order chi connectivity index (χ0) is 27.0. The van der Waals surface area contributed by atoms with E-state index in [9.17, 15) is 9.90 Å². The van der Waals surface area contributed by atoms with Gasteiger partial charge in [-0.15, -0.1) is 0 Å². The minimum Gasteiger partial charge on any atom is -0.497 e. The summed E-state index contributed by atoms with van der Waals surface area (Å²) in [4.78, 5) is 11.6. The Morgan fingerprint density at radius 1 is 1.03 bits per heavy atom. The highest BCUT2D eigenvalue weighted by atomic mass is 19.1. The maximum Gasteiger partial charge on any atom is 0.306 e. The standard InChI is InChI=1S/C33H37FO4/c1-20(32(35)36)25-13-9-22-8-10-24(18-27(22)25)38-19-21-7-12-26(29-17-23(37-4)11-14-31(29)34)28(16-21)30-6-5-15-33(30,2)3/h7-8,10-12,14,16-18,20,25,30H,5-6,9,13,15,19H2,1-4H3,(H,35,36)/t20-,25?,30+/m0/s1. The molecular formula is C33H37FO4. The van der Waals surface area contributed by atoms with Crippen LogP contribution in [0.2, 0.25) is 0 Å². The highest BCUT2D eigenvalue weighted by Gasteiger charge is 2.37. The second-order valence-corrected chi connectivity index (χ2v) is 11.6. The molecule has 0 saturated heterocycles. The summed E-state index contributed by atoms with van der Waals surface area (Å²) in [5.74, 6) is 0.282. The van der Waals surface area contributed by atoms with Crippen LogP contribution < -0.4 is 9.47 Å². The van der Waals surface area contributed by atoms with Crippen LogP contribution in [0.3, 0.4) is 0 Å². The summed E-state index contributed by atoms with van der Waals surface area (Å²) in [6.07, 6.45) is 5.13. The van der Waals surface area contributed by atoms with Crippen LogP contribution in [0, 0.1) is 17.2 Å². The Labute approximate surface area is 224 Å². The van der Waals surface area contributed by atoms with Crippen molar-refractivity contribution in [3.05, 3.63) is 82.7 Å². The molecule has 0 aliphatic heterocycles. The number of carboxylic acid groups (broad SMARTS) is 1. The lowest BCUT2D eigenvalue weighted by molar-refractivity contribution is -0.141. The quantitative estimate of drug-likeness (QED) is 0.328. The van der Waals surface area contributed by atoms with Gasteiger partial charge in [0, 0.05) is 5.56 Å². The molecule has 0 radical (unpaired) electrons. The fourth-order valence-corrected chi connectivity index (χ4v) is 6.54. The summed E-state index contributed by atoms with van der Waals surface area (Å²) in [7, 11) is 1.60. The Kier molecular flexibility index (Phi) is 7.21. The third-order valence-corrected chi connectivity index (χ3v) is 8.85. The van der Waals surface area contributed by atoms with Gasteiger partial charge in [-0.1, -0.05) is 51.5 Å². The summed E-state index contributed by atoms with van der Waals surface area (Å²) < 4.78 is 26.7. The second kappa shape index (κ2) is 10.4. The zero-order valence-corrected chi connectivity index (χ0v) is 22.7. The van der Waals surface area contributed by atoms with Gasteiger partial charge in [-0.2, -0.15) is 0 Å². The van der Waals surface area contributed by atoms with E-state index in [1.54, 1.807) is 26.2 Å². The number of carbonyl (C=O) groups is 1. The van der Waals surface area contributed by atoms with Gasteiger partial charge in [-0.3, -0.25) is 4.79 Å². The predicted octanol–water partition coefficient (Wildman–Crippen LogP) is 8.12. The minimum absolute atomic E-state index is 0.0132. The lowest BCUT2D eigenvalue weighted by atomic mass is 9.75. The molecule has 1 saturated carbocycles. The van der Waals surface area contributed by atoms with E-state index in [1.807, 2.05) is 24.3 Å². The molecule has 0 spiro atoms. The van der Waals surface area contributed by atoms with Crippen molar-refractivity contribution in [3.63, 3.8) is 0 Å². The topological polar surface area (TPSA) is 55.8 Å². The Balaban J connectivity index is 1.45. The zero-order valence-electron chi connectivity index (χ0n) is 22.7. The molecule has 3 atom stereocenters. The second-order valence-electron chi connectivity index (χ2n) is 11.6. The minimum atomic E-state index is -0.760. The summed E-state index contributed by atoms with van der Waals surface area (Å²) in [5.41, 5.74) is 6.09. The first-order chi connectivity index (χ1) is 18.2. The molecule has 0 heterocycles. The van der Waals surface area contributed by atoms with E-state index >= 15 is 4.39 Å². The van der Waals surface area contributed by atoms with Crippen molar-refractivity contribution in [2.75, 3.05) is 7.11 Å². The van der Waals surface area contributed by atoms with Crippen LogP contribution in [0.4, 0.5) is 4.39 Å². The average Bonchev–Trinajstić information content (AvgIpc) is 3.49. The van der Waals surface area contributed by atoms with Crippen LogP contribution >= 0.6 is 0 Å². The van der Waals surface area contributed by atoms with Crippen LogP contribution in [-0.2, 0) is 17.8 Å². The van der Waals surface area contributed by atoms with Gasteiger partial charge in [-0.25, -0.2) is 4.39 Å². The van der Waals surface area contributed by atoms with Gasteiger partial charge in [-0.05, 0) is 101 Å². The van der Waals surface area contributed by atoms with Gasteiger partial charge < -0.3 is 14.6 Å². The SMILES string of the molecule is COc1ccc(F)c(-c2ccc(COc3ccc4c(c3)C([C@H](C)C(=O)O)CC4)cc2[C@H]2CCCC2(C)C)c1. The molecule has 1 N–H and O–H groups in total. The number of hydrogen-bond donors (Lipinski definition) is 1. The Bertz CT molecular complexity index is 1340. The number of aryl methyl sites for hydroxylation is 1. The van der Waals surface area contributed by atoms with E-state index in [1.165, 1.54) is 11.6 Å². The summed E-state index contributed by atoms with van der Waals surface area (Å²) in [6, 6.07) is 17.2. The number of methoxy groups -OCH3 is 1. The molecule has 38 heavy (non-hydrogen) atoms. The molecule has 2 aliphatic carbocycles. The molecular weight excluding hydrogens is 479 g/mol. The molecule has 2 aliphatic rings. The smallest absolute Gasteiger partial charge is 0.306 e. The molecule has 3 aromatic carbocycles. The first kappa shape index (κ1) is 26.3. The van der Waals surface area contributed by atoms with Crippen molar-refractivity contribution >= 4 is 5.97 Å². The Morgan fingerprint density at radius 2 is 1.82 bits per heavy atom. The fourth-order valence-electron chi connectivity index (χ4n) is 6.54. The predicted molar refractivity (Wildman–Crippen MR) is 147 cm³/mol. The molecule has 0 amide bonds. The van der Waals surface area contributed by atoms with Crippen molar-refractivity contribution in [1.29, 1.82) is 0 Å². The van der Waals surface area contributed by atoms with Gasteiger partial charge in [0.1, 0.15) is 23.9 Å². The van der Waals surface area contributed by atoms with Gasteiger partial charge in [0.25, 0.3) is 0 Å². The summed E-state index contributed by atoms with van der Waals surface area (Å²) in [5, 5.41) is 9.53. The van der Waals surface area contributed by atoms with Crippen molar-refractivity contribution in [2.24, 2.45) is 11.3 Å². The molecule has 0 bridgehead atoms. The summed E-state index contributed by atoms with van der Waals surface area (Å²) in [6.45, 7) is 6.78. The number of fused-ring (bicyclic) bond motifs is 1. The van der Waals surface area contributed by atoms with Gasteiger partial charge in [0.05, 0.1) is 13.0 Å². The normalized spacial score (nSPS) is 20.7. The van der Waals surface area contributed by atoms with Gasteiger partial charge in [0.2, 0.25) is 0 Å². The van der Waals surface area contributed by atoms with Gasteiger partial charge >= 0.3 is 5.97 Å². The number of benzene rings is 3. The monoisotopic (exact) mass is 516 g/mol. The Hall–Kier alpha value is -3.34. The number of aliphatic carboxylic acids is 1. The molecule has 5 heteroatoms. The number of rotatable bonds is 8. The molecule has 4 nitrogen and oxygen atoms in total. The van der Waals surface area contributed by atoms with Crippen LogP contribution in [-0.4, -0.2) is 18.2 Å². The van der Waals surface area contributed by atoms with Crippen molar-refractivity contribution in [1.82, 2.24) is 0 Å².